The number of ether oxygens (including phenoxy) is 1. The summed E-state index contributed by atoms with van der Waals surface area (Å²) in [7, 11) is 0. The molecule has 0 unspecified atom stereocenters. The minimum absolute atomic E-state index is 0.156. The molecule has 2 rings (SSSR count). The van der Waals surface area contributed by atoms with E-state index in [-0.39, 0.29) is 11.5 Å². The number of carboxylic acids is 1. The normalized spacial score (nSPS) is 12.0. The number of carbonyl (C=O) groups is 2. The van der Waals surface area contributed by atoms with Crippen LogP contribution in [0.25, 0.3) is 0 Å². The topological polar surface area (TPSA) is 63.6 Å². The quantitative estimate of drug-likeness (QED) is 0.635. The van der Waals surface area contributed by atoms with E-state index in [4.69, 9.17) is 9.84 Å². The molecular formula is C20H22O4. The Morgan fingerprint density at radius 2 is 1.54 bits per heavy atom. The average molecular weight is 326 g/mol. The lowest BCUT2D eigenvalue weighted by atomic mass is 9.97. The minimum atomic E-state index is -1.01. The molecule has 0 radical (unpaired) electrons. The largest absolute Gasteiger partial charge is 0.478 e. The highest BCUT2D eigenvalue weighted by molar-refractivity contribution is 5.88. The predicted molar refractivity (Wildman–Crippen MR) is 92.4 cm³/mol. The Morgan fingerprint density at radius 1 is 0.958 bits per heavy atom. The Kier molecular flexibility index (Phi) is 5.74. The van der Waals surface area contributed by atoms with E-state index in [9.17, 15) is 9.59 Å². The number of hydrogen-bond acceptors (Lipinski definition) is 3. The fraction of sp³-hybridized carbons (Fsp3) is 0.300. The van der Waals surface area contributed by atoms with Gasteiger partial charge >= 0.3 is 11.9 Å². The van der Waals surface area contributed by atoms with Crippen LogP contribution >= 0.6 is 0 Å². The lowest BCUT2D eigenvalue weighted by Crippen LogP contribution is -2.16. The smallest absolute Gasteiger partial charge is 0.335 e. The van der Waals surface area contributed by atoms with Gasteiger partial charge in [-0.2, -0.15) is 0 Å². The van der Waals surface area contributed by atoms with Crippen molar-refractivity contribution in [2.75, 3.05) is 0 Å². The third kappa shape index (κ3) is 4.69. The number of rotatable bonds is 6. The van der Waals surface area contributed by atoms with Crippen LogP contribution in [-0.2, 0) is 11.2 Å². The van der Waals surface area contributed by atoms with E-state index >= 15 is 0 Å². The van der Waals surface area contributed by atoms with Crippen LogP contribution in [0, 0.1) is 5.92 Å². The maximum atomic E-state index is 12.3. The Balaban J connectivity index is 2.02. The first kappa shape index (κ1) is 17.7. The monoisotopic (exact) mass is 326 g/mol. The zero-order valence-electron chi connectivity index (χ0n) is 14.2. The molecule has 1 atom stereocenters. The molecule has 2 aromatic rings. The Hall–Kier alpha value is -2.62. The first-order valence-electron chi connectivity index (χ1n) is 8.00. The molecule has 0 amide bonds. The highest BCUT2D eigenvalue weighted by atomic mass is 16.5. The highest BCUT2D eigenvalue weighted by Gasteiger charge is 2.18. The molecule has 1 N–H and O–H groups in total. The van der Waals surface area contributed by atoms with Gasteiger partial charge in [-0.15, -0.1) is 0 Å². The third-order valence-electron chi connectivity index (χ3n) is 3.80. The number of carboxylic acid groups (broad SMARTS) is 1. The fourth-order valence-electron chi connectivity index (χ4n) is 2.42. The van der Waals surface area contributed by atoms with Gasteiger partial charge < -0.3 is 9.84 Å². The molecule has 4 nitrogen and oxygen atoms in total. The maximum Gasteiger partial charge on any atom is 0.335 e. The first-order chi connectivity index (χ1) is 11.4. The molecule has 0 heterocycles. The zero-order valence-corrected chi connectivity index (χ0v) is 14.2. The van der Waals surface area contributed by atoms with Gasteiger partial charge in [0.1, 0.15) is 5.75 Å². The van der Waals surface area contributed by atoms with Crippen LogP contribution in [-0.4, -0.2) is 17.0 Å². The highest BCUT2D eigenvalue weighted by Crippen LogP contribution is 2.21. The van der Waals surface area contributed by atoms with Gasteiger partial charge in [0.05, 0.1) is 11.5 Å². The second kappa shape index (κ2) is 7.77. The zero-order chi connectivity index (χ0) is 17.7. The summed E-state index contributed by atoms with van der Waals surface area (Å²) in [4.78, 5) is 23.1. The van der Waals surface area contributed by atoms with Gasteiger partial charge in [0.25, 0.3) is 0 Å². The average Bonchev–Trinajstić information content (AvgIpc) is 2.54. The van der Waals surface area contributed by atoms with E-state index < -0.39 is 11.9 Å². The first-order valence-corrected chi connectivity index (χ1v) is 8.00. The van der Waals surface area contributed by atoms with Crippen molar-refractivity contribution in [3.05, 3.63) is 65.2 Å². The second-order valence-electron chi connectivity index (χ2n) is 6.31. The van der Waals surface area contributed by atoms with E-state index in [1.165, 1.54) is 29.8 Å². The van der Waals surface area contributed by atoms with Gasteiger partial charge in [0.15, 0.2) is 0 Å². The van der Waals surface area contributed by atoms with Crippen molar-refractivity contribution in [2.45, 2.75) is 33.1 Å². The molecule has 0 spiro atoms. The van der Waals surface area contributed by atoms with Gasteiger partial charge in [0.2, 0.25) is 0 Å². The molecule has 0 fully saturated rings. The van der Waals surface area contributed by atoms with Crippen LogP contribution in [0.3, 0.4) is 0 Å². The molecule has 0 saturated carbocycles. The van der Waals surface area contributed by atoms with Crippen molar-refractivity contribution in [2.24, 2.45) is 5.92 Å². The summed E-state index contributed by atoms with van der Waals surface area (Å²) < 4.78 is 5.33. The van der Waals surface area contributed by atoms with E-state index in [1.807, 2.05) is 24.3 Å². The molecule has 0 aliphatic carbocycles. The van der Waals surface area contributed by atoms with Crippen molar-refractivity contribution >= 4 is 11.9 Å². The molecule has 0 aliphatic heterocycles. The van der Waals surface area contributed by atoms with Crippen molar-refractivity contribution in [1.29, 1.82) is 0 Å². The van der Waals surface area contributed by atoms with Gasteiger partial charge in [-0.05, 0) is 54.7 Å². The van der Waals surface area contributed by atoms with E-state index in [0.29, 0.717) is 11.7 Å². The predicted octanol–water partition coefficient (Wildman–Crippen LogP) is 4.29. The maximum absolute atomic E-state index is 12.3. The SMILES string of the molecule is CC(C)Cc1ccc([C@H](C)C(=O)Oc2ccc(C(=O)O)cc2)cc1. The van der Waals surface area contributed by atoms with Gasteiger partial charge in [-0.1, -0.05) is 38.1 Å². The van der Waals surface area contributed by atoms with Crippen LogP contribution in [0.2, 0.25) is 0 Å². The summed E-state index contributed by atoms with van der Waals surface area (Å²) in [5.74, 6) is -0.838. The Labute approximate surface area is 142 Å². The summed E-state index contributed by atoms with van der Waals surface area (Å²) in [6.45, 7) is 6.14. The summed E-state index contributed by atoms with van der Waals surface area (Å²) in [6, 6.07) is 13.8. The summed E-state index contributed by atoms with van der Waals surface area (Å²) in [5, 5.41) is 8.86. The second-order valence-corrected chi connectivity index (χ2v) is 6.31. The number of carbonyl (C=O) groups excluding carboxylic acids is 1. The molecule has 2 aromatic carbocycles. The number of hydrogen-bond donors (Lipinski definition) is 1. The fourth-order valence-corrected chi connectivity index (χ4v) is 2.42. The Morgan fingerprint density at radius 3 is 2.04 bits per heavy atom. The standard InChI is InChI=1S/C20H22O4/c1-13(2)12-15-4-6-16(7-5-15)14(3)20(23)24-18-10-8-17(9-11-18)19(21)22/h4-11,13-14H,12H2,1-3H3,(H,21,22)/t14-/m0/s1. The van der Waals surface area contributed by atoms with Crippen LogP contribution in [0.5, 0.6) is 5.75 Å². The molecule has 0 saturated heterocycles. The minimum Gasteiger partial charge on any atom is -0.478 e. The van der Waals surface area contributed by atoms with Crippen LogP contribution in [0.4, 0.5) is 0 Å². The molecule has 0 aliphatic rings. The van der Waals surface area contributed by atoms with Crippen molar-refractivity contribution < 1.29 is 19.4 Å². The third-order valence-corrected chi connectivity index (χ3v) is 3.80. The Bertz CT molecular complexity index is 699. The van der Waals surface area contributed by atoms with Crippen molar-refractivity contribution in [3.8, 4) is 5.75 Å². The molecule has 0 aromatic heterocycles. The number of benzene rings is 2. The number of esters is 1. The van der Waals surface area contributed by atoms with Crippen LogP contribution in [0.15, 0.2) is 48.5 Å². The van der Waals surface area contributed by atoms with Crippen LogP contribution in [0.1, 0.15) is 48.2 Å². The molecule has 126 valence electrons. The molecule has 24 heavy (non-hydrogen) atoms. The van der Waals surface area contributed by atoms with Gasteiger partial charge in [-0.25, -0.2) is 4.79 Å². The van der Waals surface area contributed by atoms with Crippen LogP contribution < -0.4 is 4.74 Å². The lowest BCUT2D eigenvalue weighted by Gasteiger charge is -2.13. The van der Waals surface area contributed by atoms with E-state index in [0.717, 1.165) is 12.0 Å². The van der Waals surface area contributed by atoms with E-state index in [1.54, 1.807) is 6.92 Å². The summed E-state index contributed by atoms with van der Waals surface area (Å²) in [5.41, 5.74) is 2.30. The van der Waals surface area contributed by atoms with Gasteiger partial charge in [0, 0.05) is 0 Å². The van der Waals surface area contributed by atoms with Gasteiger partial charge in [-0.3, -0.25) is 4.79 Å². The van der Waals surface area contributed by atoms with Crippen molar-refractivity contribution in [1.82, 2.24) is 0 Å². The summed E-state index contributed by atoms with van der Waals surface area (Å²) >= 11 is 0. The van der Waals surface area contributed by atoms with Crippen molar-refractivity contribution in [3.63, 3.8) is 0 Å². The molecule has 4 heteroatoms. The summed E-state index contributed by atoms with van der Waals surface area (Å²) in [6.07, 6.45) is 1.01. The molecule has 0 bridgehead atoms. The van der Waals surface area contributed by atoms with E-state index in [2.05, 4.69) is 13.8 Å². The lowest BCUT2D eigenvalue weighted by molar-refractivity contribution is -0.135. The number of aromatic carboxylic acids is 1. The molecular weight excluding hydrogens is 304 g/mol.